The lowest BCUT2D eigenvalue weighted by Crippen LogP contribution is -2.29. The van der Waals surface area contributed by atoms with Crippen molar-refractivity contribution >= 4 is 19.8 Å². The minimum atomic E-state index is -4.77. The molecule has 0 aromatic rings. The first-order chi connectivity index (χ1) is 25.8. The summed E-state index contributed by atoms with van der Waals surface area (Å²) >= 11 is 0. The number of hydrogen-bond acceptors (Lipinski definition) is 6. The highest BCUT2D eigenvalue weighted by Crippen LogP contribution is 2.36. The standard InChI is InChI=1S/C44H71O8P/c1-3-5-7-9-11-13-15-17-18-19-20-21-22-23-24-25-27-28-30-32-34-36-38-43(45)50-40-42(41-51-53(47,48)49)52-44(46)39-37-35-33-31-29-26-16-14-12-10-8-6-4-2/h5-8,10-14,16-18,20-21,23-24,42H,3-4,9,15,19,22,25-41H2,1-2H3,(H2,47,48,49)/b7-5+,8-6+,12-10+,13-11+,16-14+,18-17+,21-20+,24-23+. The number of unbranched alkanes of at least 4 members (excludes halogenated alkanes) is 11. The molecule has 0 amide bonds. The second-order valence-corrected chi connectivity index (χ2v) is 14.1. The van der Waals surface area contributed by atoms with Gasteiger partial charge in [0.2, 0.25) is 0 Å². The van der Waals surface area contributed by atoms with Crippen molar-refractivity contribution in [1.29, 1.82) is 0 Å². The van der Waals surface area contributed by atoms with Gasteiger partial charge < -0.3 is 19.3 Å². The molecule has 0 bridgehead atoms. The first kappa shape index (κ1) is 50.0. The summed E-state index contributed by atoms with van der Waals surface area (Å²) in [6, 6.07) is 0. The van der Waals surface area contributed by atoms with Crippen molar-refractivity contribution in [3.8, 4) is 0 Å². The predicted molar refractivity (Wildman–Crippen MR) is 220 cm³/mol. The molecule has 0 aromatic carbocycles. The summed E-state index contributed by atoms with van der Waals surface area (Å²) < 4.78 is 26.3. The maximum atomic E-state index is 12.4. The highest BCUT2D eigenvalue weighted by Gasteiger charge is 2.22. The molecule has 0 fully saturated rings. The van der Waals surface area contributed by atoms with Crippen LogP contribution in [0, 0.1) is 0 Å². The van der Waals surface area contributed by atoms with Crippen LogP contribution in [0.3, 0.4) is 0 Å². The molecule has 0 aliphatic heterocycles. The maximum absolute atomic E-state index is 12.4. The Kier molecular flexibility index (Phi) is 36.5. The van der Waals surface area contributed by atoms with Crippen LogP contribution < -0.4 is 0 Å². The Balaban J connectivity index is 3.99. The minimum Gasteiger partial charge on any atom is -0.462 e. The molecule has 2 N–H and O–H groups in total. The number of hydrogen-bond donors (Lipinski definition) is 2. The quantitative estimate of drug-likeness (QED) is 0.0215. The maximum Gasteiger partial charge on any atom is 0.469 e. The zero-order valence-corrected chi connectivity index (χ0v) is 33.8. The van der Waals surface area contributed by atoms with Gasteiger partial charge in [-0.25, -0.2) is 4.57 Å². The Morgan fingerprint density at radius 3 is 1.47 bits per heavy atom. The van der Waals surface area contributed by atoms with Crippen LogP contribution in [0.2, 0.25) is 0 Å². The fourth-order valence-corrected chi connectivity index (χ4v) is 5.35. The average Bonchev–Trinajstić information content (AvgIpc) is 3.13. The molecule has 0 saturated carbocycles. The molecule has 0 radical (unpaired) electrons. The molecule has 8 nitrogen and oxygen atoms in total. The predicted octanol–water partition coefficient (Wildman–Crippen LogP) is 12.2. The van der Waals surface area contributed by atoms with Crippen LogP contribution in [0.5, 0.6) is 0 Å². The molecule has 0 aliphatic rings. The van der Waals surface area contributed by atoms with Crippen LogP contribution in [-0.2, 0) is 28.2 Å². The number of allylic oxidation sites excluding steroid dienone is 16. The Labute approximate surface area is 322 Å². The lowest BCUT2D eigenvalue weighted by molar-refractivity contribution is -0.161. The van der Waals surface area contributed by atoms with E-state index in [1.807, 2.05) is 18.2 Å². The summed E-state index contributed by atoms with van der Waals surface area (Å²) in [5, 5.41) is 0. The van der Waals surface area contributed by atoms with Gasteiger partial charge in [0.1, 0.15) is 6.61 Å². The Hall–Kier alpha value is -3.03. The first-order valence-corrected chi connectivity index (χ1v) is 21.6. The summed E-state index contributed by atoms with van der Waals surface area (Å²) in [6.07, 6.45) is 52.7. The highest BCUT2D eigenvalue weighted by atomic mass is 31.2. The molecule has 0 spiro atoms. The summed E-state index contributed by atoms with van der Waals surface area (Å²) in [5.41, 5.74) is 0. The second-order valence-electron chi connectivity index (χ2n) is 12.9. The summed E-state index contributed by atoms with van der Waals surface area (Å²) in [7, 11) is -4.77. The number of phosphoric acid groups is 1. The Bertz CT molecular complexity index is 1170. The van der Waals surface area contributed by atoms with Gasteiger partial charge in [0, 0.05) is 12.8 Å². The Morgan fingerprint density at radius 1 is 0.509 bits per heavy atom. The first-order valence-electron chi connectivity index (χ1n) is 20.1. The van der Waals surface area contributed by atoms with Crippen LogP contribution in [0.25, 0.3) is 0 Å². The molecule has 0 rings (SSSR count). The van der Waals surface area contributed by atoms with E-state index in [1.54, 1.807) is 0 Å². The molecular weight excluding hydrogens is 687 g/mol. The monoisotopic (exact) mass is 758 g/mol. The fraction of sp³-hybridized carbons (Fsp3) is 0.591. The van der Waals surface area contributed by atoms with Gasteiger partial charge in [-0.05, 0) is 77.0 Å². The van der Waals surface area contributed by atoms with E-state index >= 15 is 0 Å². The van der Waals surface area contributed by atoms with E-state index < -0.39 is 32.5 Å². The van der Waals surface area contributed by atoms with Crippen molar-refractivity contribution < 1.29 is 37.9 Å². The topological polar surface area (TPSA) is 119 Å². The lowest BCUT2D eigenvalue weighted by atomic mass is 10.1. The van der Waals surface area contributed by atoms with Gasteiger partial charge in [0.25, 0.3) is 0 Å². The minimum absolute atomic E-state index is 0.179. The van der Waals surface area contributed by atoms with Crippen LogP contribution in [0.4, 0.5) is 0 Å². The molecule has 1 atom stereocenters. The highest BCUT2D eigenvalue weighted by molar-refractivity contribution is 7.46. The summed E-state index contributed by atoms with van der Waals surface area (Å²) in [6.45, 7) is 3.39. The van der Waals surface area contributed by atoms with E-state index in [0.717, 1.165) is 109 Å². The largest absolute Gasteiger partial charge is 0.469 e. The zero-order chi connectivity index (χ0) is 38.9. The number of rotatable bonds is 35. The number of ether oxygens (including phenoxy) is 2. The van der Waals surface area contributed by atoms with E-state index in [1.165, 1.54) is 0 Å². The SMILES string of the molecule is CC/C=C/C=C/C=C/CCCCCCCC(=O)OC(COC(=O)CCCCCCCC/C=C/C/C=C/C/C=C/C/C=C/C/C=C/CC)COP(=O)(O)O. The van der Waals surface area contributed by atoms with Crippen LogP contribution >= 0.6 is 7.82 Å². The van der Waals surface area contributed by atoms with Crippen molar-refractivity contribution in [2.75, 3.05) is 13.2 Å². The van der Waals surface area contributed by atoms with E-state index in [-0.39, 0.29) is 19.4 Å². The van der Waals surface area contributed by atoms with Gasteiger partial charge in [-0.1, -0.05) is 156 Å². The average molecular weight is 759 g/mol. The van der Waals surface area contributed by atoms with Crippen LogP contribution in [0.15, 0.2) is 97.2 Å². The van der Waals surface area contributed by atoms with Gasteiger partial charge in [-0.15, -0.1) is 0 Å². The molecule has 9 heteroatoms. The van der Waals surface area contributed by atoms with Crippen molar-refractivity contribution in [3.63, 3.8) is 0 Å². The fourth-order valence-electron chi connectivity index (χ4n) is 4.99. The second kappa shape index (κ2) is 38.7. The van der Waals surface area contributed by atoms with Gasteiger partial charge in [-0.2, -0.15) is 0 Å². The third-order valence-electron chi connectivity index (χ3n) is 7.91. The molecule has 1 unspecified atom stereocenters. The smallest absolute Gasteiger partial charge is 0.462 e. The number of esters is 2. The van der Waals surface area contributed by atoms with Gasteiger partial charge in [-0.3, -0.25) is 14.1 Å². The van der Waals surface area contributed by atoms with Gasteiger partial charge in [0.15, 0.2) is 6.10 Å². The molecule has 0 aliphatic carbocycles. The third-order valence-corrected chi connectivity index (χ3v) is 8.39. The van der Waals surface area contributed by atoms with Gasteiger partial charge >= 0.3 is 19.8 Å². The zero-order valence-electron chi connectivity index (χ0n) is 32.9. The van der Waals surface area contributed by atoms with Crippen molar-refractivity contribution in [1.82, 2.24) is 0 Å². The number of carbonyl (C=O) groups excluding carboxylic acids is 2. The summed E-state index contributed by atoms with van der Waals surface area (Å²) in [4.78, 5) is 42.8. The molecule has 53 heavy (non-hydrogen) atoms. The number of phosphoric ester groups is 1. The molecule has 0 saturated heterocycles. The molecule has 300 valence electrons. The van der Waals surface area contributed by atoms with Gasteiger partial charge in [0.05, 0.1) is 6.61 Å². The third kappa shape index (κ3) is 41.6. The van der Waals surface area contributed by atoms with Crippen molar-refractivity contribution in [2.45, 2.75) is 155 Å². The van der Waals surface area contributed by atoms with Crippen molar-refractivity contribution in [2.24, 2.45) is 0 Å². The molecular formula is C44H71O8P. The van der Waals surface area contributed by atoms with E-state index in [2.05, 4.69) is 97.4 Å². The lowest BCUT2D eigenvalue weighted by Gasteiger charge is -2.18. The normalized spacial score (nSPS) is 13.5. The van der Waals surface area contributed by atoms with Crippen molar-refractivity contribution in [3.05, 3.63) is 97.2 Å². The van der Waals surface area contributed by atoms with Crippen LogP contribution in [0.1, 0.15) is 149 Å². The van der Waals surface area contributed by atoms with E-state index in [9.17, 15) is 14.2 Å². The summed E-state index contributed by atoms with van der Waals surface area (Å²) in [5.74, 6) is -0.937. The van der Waals surface area contributed by atoms with Crippen LogP contribution in [-0.4, -0.2) is 41.0 Å². The molecule has 0 aromatic heterocycles. The number of carbonyl (C=O) groups is 2. The van der Waals surface area contributed by atoms with E-state index in [0.29, 0.717) is 12.8 Å². The Morgan fingerprint density at radius 2 is 0.943 bits per heavy atom. The van der Waals surface area contributed by atoms with E-state index in [4.69, 9.17) is 19.3 Å². The molecule has 0 heterocycles.